The molecule has 49 heavy (non-hydrogen) atoms. The molecule has 0 bridgehead atoms. The van der Waals surface area contributed by atoms with Crippen LogP contribution in [0.4, 0.5) is 4.79 Å². The van der Waals surface area contributed by atoms with Crippen LogP contribution in [0.2, 0.25) is 5.04 Å². The van der Waals surface area contributed by atoms with Gasteiger partial charge in [0.05, 0.1) is 12.6 Å². The van der Waals surface area contributed by atoms with Gasteiger partial charge in [0.2, 0.25) is 5.91 Å². The van der Waals surface area contributed by atoms with Crippen LogP contribution in [0.5, 0.6) is 0 Å². The van der Waals surface area contributed by atoms with Crippen molar-refractivity contribution >= 4 is 42.3 Å². The van der Waals surface area contributed by atoms with E-state index < -0.39 is 20.0 Å². The smallest absolute Gasteiger partial charge is 0.417 e. The molecule has 0 aliphatic rings. The number of hydrogen-bond donors (Lipinski definition) is 0. The Balaban J connectivity index is 2.14. The van der Waals surface area contributed by atoms with Gasteiger partial charge >= 0.3 is 6.09 Å². The van der Waals surface area contributed by atoms with Crippen LogP contribution in [0.3, 0.4) is 0 Å². The molecule has 0 aliphatic carbocycles. The van der Waals surface area contributed by atoms with Crippen molar-refractivity contribution in [2.24, 2.45) is 0 Å². The molecular formula is C41H62ClNO5Si. The highest BCUT2D eigenvalue weighted by Crippen LogP contribution is 2.37. The van der Waals surface area contributed by atoms with Crippen molar-refractivity contribution < 1.29 is 23.5 Å². The van der Waals surface area contributed by atoms with Gasteiger partial charge in [-0.3, -0.25) is 4.79 Å². The molecule has 2 rings (SSSR count). The Hall–Kier alpha value is -2.71. The summed E-state index contributed by atoms with van der Waals surface area (Å²) in [6.07, 6.45) is 12.8. The Morgan fingerprint density at radius 2 is 1.45 bits per heavy atom. The molecule has 8 heteroatoms. The van der Waals surface area contributed by atoms with Crippen molar-refractivity contribution in [1.29, 1.82) is 0 Å². The van der Waals surface area contributed by atoms with E-state index in [1.165, 1.54) is 46.5 Å². The molecule has 0 heterocycles. The minimum atomic E-state index is -2.75. The highest BCUT2D eigenvalue weighted by Gasteiger charge is 2.50. The minimum absolute atomic E-state index is 0.0366. The van der Waals surface area contributed by atoms with E-state index >= 15 is 0 Å². The predicted octanol–water partition coefficient (Wildman–Crippen LogP) is 9.94. The molecule has 0 aliphatic heterocycles. The second-order valence-corrected chi connectivity index (χ2v) is 19.3. The lowest BCUT2D eigenvalue weighted by Crippen LogP contribution is -2.66. The maximum atomic E-state index is 13.5. The molecule has 0 aromatic heterocycles. The molecule has 2 amide bonds. The van der Waals surface area contributed by atoms with Gasteiger partial charge in [0.1, 0.15) is 5.60 Å². The van der Waals surface area contributed by atoms with E-state index in [0.717, 1.165) is 24.8 Å². The van der Waals surface area contributed by atoms with Crippen molar-refractivity contribution in [3.05, 3.63) is 83.9 Å². The van der Waals surface area contributed by atoms with E-state index in [1.807, 2.05) is 18.2 Å². The largest absolute Gasteiger partial charge is 0.443 e. The second kappa shape index (κ2) is 21.5. The van der Waals surface area contributed by atoms with Gasteiger partial charge in [-0.05, 0) is 67.4 Å². The van der Waals surface area contributed by atoms with E-state index in [2.05, 4.69) is 82.3 Å². The van der Waals surface area contributed by atoms with Gasteiger partial charge in [-0.1, -0.05) is 144 Å². The Labute approximate surface area is 303 Å². The number of benzene rings is 2. The van der Waals surface area contributed by atoms with E-state index in [1.54, 1.807) is 27.9 Å². The first-order valence-corrected chi connectivity index (χ1v) is 20.4. The van der Waals surface area contributed by atoms with E-state index in [-0.39, 0.29) is 30.0 Å². The summed E-state index contributed by atoms with van der Waals surface area (Å²) in [7, 11) is -0.995. The number of carbonyl (C=O) groups is 2. The topological polar surface area (TPSA) is 65.1 Å². The fraction of sp³-hybridized carbons (Fsp3) is 0.561. The molecule has 272 valence electrons. The van der Waals surface area contributed by atoms with Crippen LogP contribution in [0.1, 0.15) is 113 Å². The predicted molar refractivity (Wildman–Crippen MR) is 207 cm³/mol. The van der Waals surface area contributed by atoms with Gasteiger partial charge in [0.15, 0.2) is 0 Å². The van der Waals surface area contributed by atoms with Crippen LogP contribution in [-0.4, -0.2) is 57.2 Å². The van der Waals surface area contributed by atoms with Gasteiger partial charge in [-0.2, -0.15) is 0 Å². The summed E-state index contributed by atoms with van der Waals surface area (Å²) in [5.41, 5.74) is 1.43. The quantitative estimate of drug-likeness (QED) is 0.0777. The fourth-order valence-corrected chi connectivity index (χ4v) is 10.8. The molecule has 0 radical (unpaired) electrons. The zero-order valence-corrected chi connectivity index (χ0v) is 33.2. The lowest BCUT2D eigenvalue weighted by atomic mass is 10.1. The Morgan fingerprint density at radius 1 is 0.857 bits per heavy atom. The van der Waals surface area contributed by atoms with Gasteiger partial charge in [-0.25, -0.2) is 9.69 Å². The summed E-state index contributed by atoms with van der Waals surface area (Å²) in [6, 6.07) is 20.9. The van der Waals surface area contributed by atoms with Crippen molar-refractivity contribution in [2.45, 2.75) is 129 Å². The molecule has 2 aromatic carbocycles. The number of imide groups is 1. The number of halogens is 1. The Bertz CT molecular complexity index is 1260. The molecule has 6 nitrogen and oxygen atoms in total. The molecule has 0 saturated heterocycles. The summed E-state index contributed by atoms with van der Waals surface area (Å²) in [4.78, 5) is 28.0. The van der Waals surface area contributed by atoms with Crippen LogP contribution in [0.15, 0.2) is 83.9 Å². The van der Waals surface area contributed by atoms with Crippen LogP contribution in [0.25, 0.3) is 0 Å². The van der Waals surface area contributed by atoms with Gasteiger partial charge in [-0.15, -0.1) is 0 Å². The van der Waals surface area contributed by atoms with E-state index in [9.17, 15) is 9.59 Å². The number of amides is 2. The number of ether oxygens (including phenoxy) is 2. The SMILES string of the molecule is CCCCCCC[C@@H](C/C=C/CCC(=O)N(C/C(=C\Cl)CCO[Si](c1ccccc1)(c1ccccc1)C(C)(C)C)C(=O)OC(C)(C)C)OC. The number of nitrogens with zero attached hydrogens (tertiary/aromatic N) is 1. The number of methoxy groups -OCH3 is 1. The van der Waals surface area contributed by atoms with E-state index in [0.29, 0.717) is 19.4 Å². The zero-order chi connectivity index (χ0) is 36.3. The standard InChI is InChI=1S/C41H62ClNO5Si/c1-9-10-11-12-16-23-35(46-8)24-17-13-22-29-38(44)43(39(45)48-40(2,3)4)33-34(32-42)30-31-47-49(41(5,6)7,36-25-18-14-19-26-36)37-27-20-15-21-28-37/h13-15,17-21,25-28,32,35H,9-12,16,22-24,29-31,33H2,1-8H3/b17-13+,34-32-/t35-/m0/s1. The first-order chi connectivity index (χ1) is 23.3. The van der Waals surface area contributed by atoms with Gasteiger partial charge in [0, 0.05) is 25.7 Å². The summed E-state index contributed by atoms with van der Waals surface area (Å²) >= 11 is 6.36. The molecule has 0 fully saturated rings. The average molecular weight is 712 g/mol. The maximum Gasteiger partial charge on any atom is 0.417 e. The minimum Gasteiger partial charge on any atom is -0.443 e. The third kappa shape index (κ3) is 14.2. The molecule has 1 atom stereocenters. The normalized spacial score (nSPS) is 13.4. The first kappa shape index (κ1) is 42.5. The van der Waals surface area contributed by atoms with Crippen LogP contribution in [-0.2, 0) is 18.7 Å². The fourth-order valence-electron chi connectivity index (χ4n) is 6.05. The van der Waals surface area contributed by atoms with E-state index in [4.69, 9.17) is 25.5 Å². The third-order valence-electron chi connectivity index (χ3n) is 8.64. The number of allylic oxidation sites excluding steroid dienone is 1. The van der Waals surface area contributed by atoms with Crippen molar-refractivity contribution in [2.75, 3.05) is 20.3 Å². The Kier molecular flexibility index (Phi) is 18.6. The summed E-state index contributed by atoms with van der Waals surface area (Å²) in [5, 5.41) is 2.20. The van der Waals surface area contributed by atoms with Gasteiger partial charge in [0.25, 0.3) is 8.32 Å². The number of unbranched alkanes of at least 4 members (excludes halogenated alkanes) is 4. The van der Waals surface area contributed by atoms with Gasteiger partial charge < -0.3 is 13.9 Å². The van der Waals surface area contributed by atoms with Crippen LogP contribution >= 0.6 is 11.6 Å². The lowest BCUT2D eigenvalue weighted by molar-refractivity contribution is -0.129. The molecule has 2 aromatic rings. The summed E-state index contributed by atoms with van der Waals surface area (Å²) in [5.74, 6) is -0.304. The van der Waals surface area contributed by atoms with Crippen LogP contribution in [0, 0.1) is 0 Å². The second-order valence-electron chi connectivity index (χ2n) is 14.8. The average Bonchev–Trinajstić information content (AvgIpc) is 3.06. The molecule has 0 saturated carbocycles. The summed E-state index contributed by atoms with van der Waals surface area (Å²) < 4.78 is 18.4. The van der Waals surface area contributed by atoms with Crippen molar-refractivity contribution in [3.8, 4) is 0 Å². The lowest BCUT2D eigenvalue weighted by Gasteiger charge is -2.43. The number of carbonyl (C=O) groups excluding carboxylic acids is 2. The highest BCUT2D eigenvalue weighted by atomic mass is 35.5. The Morgan fingerprint density at radius 3 is 1.96 bits per heavy atom. The monoisotopic (exact) mass is 711 g/mol. The molecule has 0 spiro atoms. The number of rotatable bonds is 20. The highest BCUT2D eigenvalue weighted by molar-refractivity contribution is 6.99. The van der Waals surface area contributed by atoms with Crippen LogP contribution < -0.4 is 10.4 Å². The summed E-state index contributed by atoms with van der Waals surface area (Å²) in [6.45, 7) is 14.7. The maximum absolute atomic E-state index is 13.5. The first-order valence-electron chi connectivity index (χ1n) is 18.0. The zero-order valence-electron chi connectivity index (χ0n) is 31.4. The third-order valence-corrected chi connectivity index (χ3v) is 14.0. The molecular weight excluding hydrogens is 650 g/mol. The van der Waals surface area contributed by atoms with Crippen molar-refractivity contribution in [1.82, 2.24) is 4.90 Å². The number of hydrogen-bond acceptors (Lipinski definition) is 5. The molecule has 0 unspecified atom stereocenters. The molecule has 0 N–H and O–H groups in total. The van der Waals surface area contributed by atoms with Crippen molar-refractivity contribution in [3.63, 3.8) is 0 Å².